The summed E-state index contributed by atoms with van der Waals surface area (Å²) in [5.74, 6) is -2.30. The highest BCUT2D eigenvalue weighted by Crippen LogP contribution is 2.16. The Balaban J connectivity index is 4.12. The molecule has 0 fully saturated rings. The van der Waals surface area contributed by atoms with Gasteiger partial charge in [-0.15, -0.1) is 0 Å². The first-order valence-electron chi connectivity index (χ1n) is 31.5. The van der Waals surface area contributed by atoms with E-state index in [1.54, 1.807) is 0 Å². The Morgan fingerprint density at radius 1 is 0.397 bits per heavy atom. The van der Waals surface area contributed by atoms with Crippen molar-refractivity contribution < 1.29 is 42.9 Å². The van der Waals surface area contributed by atoms with E-state index in [2.05, 4.69) is 123 Å². The van der Waals surface area contributed by atoms with Crippen molar-refractivity contribution in [3.63, 3.8) is 0 Å². The largest absolute Gasteiger partial charge is 0.545 e. The van der Waals surface area contributed by atoms with Crippen molar-refractivity contribution in [1.82, 2.24) is 0 Å². The lowest BCUT2D eigenvalue weighted by atomic mass is 10.0. The Labute approximate surface area is 479 Å². The summed E-state index contributed by atoms with van der Waals surface area (Å²) in [7, 11) is 5.92. The Kier molecular flexibility index (Phi) is 56.0. The summed E-state index contributed by atoms with van der Waals surface area (Å²) in [6.07, 6.45) is 78.7. The first kappa shape index (κ1) is 74.0. The average Bonchev–Trinajstić information content (AvgIpc) is 3.41. The molecule has 0 aliphatic heterocycles. The molecule has 0 amide bonds. The van der Waals surface area contributed by atoms with Crippen LogP contribution in [0, 0.1) is 0 Å². The summed E-state index contributed by atoms with van der Waals surface area (Å²) in [6.45, 7) is 4.60. The van der Waals surface area contributed by atoms with Crippen LogP contribution in [-0.4, -0.2) is 82.3 Å². The molecule has 2 atom stereocenters. The van der Waals surface area contributed by atoms with Gasteiger partial charge >= 0.3 is 11.9 Å². The molecule has 0 aliphatic carbocycles. The molecule has 2 unspecified atom stereocenters. The van der Waals surface area contributed by atoms with Gasteiger partial charge in [-0.25, -0.2) is 0 Å². The van der Waals surface area contributed by atoms with Gasteiger partial charge in [0.05, 0.1) is 40.3 Å². The Morgan fingerprint density at radius 2 is 0.731 bits per heavy atom. The zero-order valence-electron chi connectivity index (χ0n) is 50.8. The Hall–Kier alpha value is -4.05. The molecule has 0 aromatic rings. The van der Waals surface area contributed by atoms with Crippen molar-refractivity contribution in [3.8, 4) is 0 Å². The van der Waals surface area contributed by atoms with E-state index < -0.39 is 24.3 Å². The van der Waals surface area contributed by atoms with Crippen LogP contribution in [0.3, 0.4) is 0 Å². The maximum absolute atomic E-state index is 12.9. The molecule has 78 heavy (non-hydrogen) atoms. The molecule has 0 rings (SSSR count). The number of esters is 2. The molecule has 0 heterocycles. The summed E-state index contributed by atoms with van der Waals surface area (Å²) in [4.78, 5) is 37.3. The molecule has 0 radical (unpaired) electrons. The van der Waals surface area contributed by atoms with Crippen LogP contribution in [0.2, 0.25) is 0 Å². The van der Waals surface area contributed by atoms with E-state index >= 15 is 0 Å². The van der Waals surface area contributed by atoms with E-state index in [-0.39, 0.29) is 38.6 Å². The molecule has 9 nitrogen and oxygen atoms in total. The minimum Gasteiger partial charge on any atom is -0.545 e. The van der Waals surface area contributed by atoms with Crippen LogP contribution < -0.4 is 5.11 Å². The highest BCUT2D eigenvalue weighted by atomic mass is 16.7. The van der Waals surface area contributed by atoms with Crippen LogP contribution in [-0.2, 0) is 33.3 Å². The second-order valence-electron chi connectivity index (χ2n) is 22.0. The normalized spacial score (nSPS) is 13.5. The third-order valence-electron chi connectivity index (χ3n) is 13.3. The third-order valence-corrected chi connectivity index (χ3v) is 13.3. The van der Waals surface area contributed by atoms with Gasteiger partial charge < -0.3 is 33.3 Å². The lowest BCUT2D eigenvalue weighted by Crippen LogP contribution is -2.44. The van der Waals surface area contributed by atoms with E-state index in [1.807, 2.05) is 21.1 Å². The van der Waals surface area contributed by atoms with E-state index in [9.17, 15) is 19.5 Å². The van der Waals surface area contributed by atoms with E-state index in [0.29, 0.717) is 17.4 Å². The summed E-state index contributed by atoms with van der Waals surface area (Å²) in [5.41, 5.74) is 0. The number of aliphatic carboxylic acids is 1. The number of likely N-dealkylation sites (N-methyl/N-ethyl adjacent to an activating group) is 1. The van der Waals surface area contributed by atoms with Crippen molar-refractivity contribution in [2.24, 2.45) is 0 Å². The molecule has 0 N–H and O–H groups in total. The molecule has 0 spiro atoms. The van der Waals surface area contributed by atoms with Crippen molar-refractivity contribution in [2.45, 2.75) is 264 Å². The van der Waals surface area contributed by atoms with Gasteiger partial charge in [-0.3, -0.25) is 9.59 Å². The third kappa shape index (κ3) is 59.6. The quantitative estimate of drug-likeness (QED) is 0.0195. The number of carbonyl (C=O) groups is 3. The minimum absolute atomic E-state index is 0.142. The molecule has 9 heteroatoms. The number of rotatable bonds is 57. The smallest absolute Gasteiger partial charge is 0.306 e. The van der Waals surface area contributed by atoms with Gasteiger partial charge in [0.25, 0.3) is 0 Å². The number of allylic oxidation sites excluding steroid dienone is 18. The van der Waals surface area contributed by atoms with Gasteiger partial charge in [0.15, 0.2) is 12.4 Å². The molecular formula is C69H117NO8. The second kappa shape index (κ2) is 59.1. The van der Waals surface area contributed by atoms with E-state index in [1.165, 1.54) is 109 Å². The summed E-state index contributed by atoms with van der Waals surface area (Å²) in [5, 5.41) is 11.8. The predicted octanol–water partition coefficient (Wildman–Crippen LogP) is 17.7. The topological polar surface area (TPSA) is 111 Å². The van der Waals surface area contributed by atoms with Crippen LogP contribution in [0.4, 0.5) is 0 Å². The first-order chi connectivity index (χ1) is 38.1. The number of nitrogens with zero attached hydrogens (tertiary/aromatic N) is 1. The van der Waals surface area contributed by atoms with Crippen LogP contribution in [0.15, 0.2) is 109 Å². The predicted molar refractivity (Wildman–Crippen MR) is 329 cm³/mol. The number of ether oxygens (including phenoxy) is 4. The number of quaternary nitrogens is 1. The lowest BCUT2D eigenvalue weighted by molar-refractivity contribution is -0.870. The highest BCUT2D eigenvalue weighted by Gasteiger charge is 2.22. The van der Waals surface area contributed by atoms with Crippen LogP contribution in [0.25, 0.3) is 0 Å². The number of carbonyl (C=O) groups excluding carboxylic acids is 3. The standard InChI is InChI=1S/C69H117NO8/c1-6-8-10-12-14-16-18-20-22-24-25-26-27-28-29-30-31-32-33-34-35-36-37-38-39-40-41-42-43-44-46-48-50-52-54-56-58-60-67(72)78-65(64-77-69(68(73)74)75-62-61-70(3,4)5)63-76-66(71)59-57-55-53-51-49-47-45-23-21-19-17-15-13-11-9-7-2/h8,10,14,16-17,19-20,22-23,25-26,28-29,31-32,34-35,45,65,69H,6-7,9,11-13,15,18,21,24,27,30,33,36-44,46-64H2,1-5H3/b10-8-,16-14-,19-17-,22-20-,26-25-,29-28-,32-31-,35-34-,45-23-. The number of hydrogen-bond acceptors (Lipinski definition) is 8. The van der Waals surface area contributed by atoms with Crippen molar-refractivity contribution in [1.29, 1.82) is 0 Å². The number of hydrogen-bond donors (Lipinski definition) is 0. The summed E-state index contributed by atoms with van der Waals surface area (Å²) < 4.78 is 22.7. The number of unbranched alkanes of at least 4 members (excludes halogenated alkanes) is 24. The molecule has 0 aromatic heterocycles. The molecule has 0 bridgehead atoms. The Morgan fingerprint density at radius 3 is 1.09 bits per heavy atom. The van der Waals surface area contributed by atoms with Crippen molar-refractivity contribution in [3.05, 3.63) is 109 Å². The SMILES string of the molecule is CC/C=C\C/C=C\C/C=C\C/C=C\C/C=C\C/C=C\C/C=C\CCCCCCCCCCCCCCCCCC(=O)OC(COC(=O)CCCCCCC/C=C\C/C=C\CCCCCC)COC(OCC[N+](C)(C)C)C(=O)[O-]. The molecule has 0 saturated heterocycles. The van der Waals surface area contributed by atoms with Gasteiger partial charge in [-0.05, 0) is 103 Å². The van der Waals surface area contributed by atoms with Gasteiger partial charge in [0, 0.05) is 12.8 Å². The Bertz CT molecular complexity index is 1640. The molecule has 446 valence electrons. The lowest BCUT2D eigenvalue weighted by Gasteiger charge is -2.26. The fourth-order valence-corrected chi connectivity index (χ4v) is 8.43. The van der Waals surface area contributed by atoms with Gasteiger partial charge in [0.1, 0.15) is 13.2 Å². The maximum atomic E-state index is 12.9. The molecule has 0 aliphatic rings. The van der Waals surface area contributed by atoms with Crippen molar-refractivity contribution in [2.75, 3.05) is 47.5 Å². The number of carboxylic acids is 1. The highest BCUT2D eigenvalue weighted by molar-refractivity contribution is 5.70. The molecule has 0 aromatic carbocycles. The molecular weight excluding hydrogens is 971 g/mol. The zero-order chi connectivity index (χ0) is 56.9. The average molecular weight is 1090 g/mol. The molecule has 0 saturated carbocycles. The fourth-order valence-electron chi connectivity index (χ4n) is 8.43. The van der Waals surface area contributed by atoms with Gasteiger partial charge in [0.2, 0.25) is 0 Å². The zero-order valence-corrected chi connectivity index (χ0v) is 50.8. The van der Waals surface area contributed by atoms with Gasteiger partial charge in [-0.1, -0.05) is 245 Å². The monoisotopic (exact) mass is 1090 g/mol. The fraction of sp³-hybridized carbons (Fsp3) is 0.696. The summed E-state index contributed by atoms with van der Waals surface area (Å²) >= 11 is 0. The number of carboxylic acid groups (broad SMARTS) is 1. The van der Waals surface area contributed by atoms with Crippen LogP contribution >= 0.6 is 0 Å². The van der Waals surface area contributed by atoms with Crippen LogP contribution in [0.1, 0.15) is 251 Å². The van der Waals surface area contributed by atoms with Crippen molar-refractivity contribution >= 4 is 17.9 Å². The van der Waals surface area contributed by atoms with E-state index in [0.717, 1.165) is 109 Å². The van der Waals surface area contributed by atoms with E-state index in [4.69, 9.17) is 18.9 Å². The van der Waals surface area contributed by atoms with Gasteiger partial charge in [-0.2, -0.15) is 0 Å². The maximum Gasteiger partial charge on any atom is 0.306 e. The second-order valence-corrected chi connectivity index (χ2v) is 22.0. The van der Waals surface area contributed by atoms with Crippen LogP contribution in [0.5, 0.6) is 0 Å². The summed E-state index contributed by atoms with van der Waals surface area (Å²) in [6, 6.07) is 0. The first-order valence-corrected chi connectivity index (χ1v) is 31.5. The minimum atomic E-state index is -1.63.